The second kappa shape index (κ2) is 14.9. The highest BCUT2D eigenvalue weighted by Gasteiger charge is 2.52. The van der Waals surface area contributed by atoms with E-state index in [1.165, 1.54) is 115 Å². The van der Waals surface area contributed by atoms with Crippen LogP contribution in [0, 0.1) is 0 Å². The second-order valence-electron chi connectivity index (χ2n) is 17.9. The molecular weight excluding hydrogens is 827 g/mol. The molecule has 2 aliphatic carbocycles. The van der Waals surface area contributed by atoms with E-state index < -0.39 is 5.41 Å². The Labute approximate surface area is 394 Å². The van der Waals surface area contributed by atoms with Crippen molar-refractivity contribution in [3.63, 3.8) is 0 Å². The zero-order valence-corrected chi connectivity index (χ0v) is 37.3. The Bertz CT molecular complexity index is 3900. The van der Waals surface area contributed by atoms with Crippen LogP contribution in [0.1, 0.15) is 22.3 Å². The van der Waals surface area contributed by atoms with Crippen LogP contribution in [0.2, 0.25) is 0 Å². The van der Waals surface area contributed by atoms with Crippen LogP contribution in [0.5, 0.6) is 0 Å². The predicted molar refractivity (Wildman–Crippen MR) is 284 cm³/mol. The molecule has 0 amide bonds. The molecule has 14 rings (SSSR count). The number of fused-ring (bicyclic) bond motifs is 15. The highest BCUT2D eigenvalue weighted by Crippen LogP contribution is 2.65. The quantitative estimate of drug-likeness (QED) is 0.161. The molecule has 12 aromatic rings. The van der Waals surface area contributed by atoms with E-state index >= 15 is 0 Å². The van der Waals surface area contributed by atoms with Gasteiger partial charge in [-0.15, -0.1) is 11.3 Å². The number of thiophene rings is 1. The summed E-state index contributed by atoms with van der Waals surface area (Å²) in [6.45, 7) is 0. The third-order valence-corrected chi connectivity index (χ3v) is 15.7. The van der Waals surface area contributed by atoms with Gasteiger partial charge in [-0.2, -0.15) is 0 Å². The number of anilines is 3. The smallest absolute Gasteiger partial charge is 0.0731 e. The Morgan fingerprint density at radius 3 is 1.58 bits per heavy atom. The second-order valence-corrected chi connectivity index (χ2v) is 19.0. The molecular formula is C65H41NS. The van der Waals surface area contributed by atoms with E-state index in [0.29, 0.717) is 0 Å². The van der Waals surface area contributed by atoms with Crippen molar-refractivity contribution >= 4 is 59.3 Å². The number of benzene rings is 11. The van der Waals surface area contributed by atoms with Gasteiger partial charge in [-0.05, 0) is 125 Å². The minimum absolute atomic E-state index is 0.440. The van der Waals surface area contributed by atoms with Crippen LogP contribution in [-0.2, 0) is 5.41 Å². The van der Waals surface area contributed by atoms with Gasteiger partial charge < -0.3 is 4.90 Å². The van der Waals surface area contributed by atoms with Crippen LogP contribution in [0.25, 0.3) is 86.6 Å². The summed E-state index contributed by atoms with van der Waals surface area (Å²) in [6.07, 6.45) is 0. The van der Waals surface area contributed by atoms with Crippen LogP contribution in [0.15, 0.2) is 249 Å². The fraction of sp³-hybridized carbons (Fsp3) is 0.0154. The third kappa shape index (κ3) is 5.61. The van der Waals surface area contributed by atoms with Crippen molar-refractivity contribution < 1.29 is 0 Å². The maximum atomic E-state index is 2.45. The molecule has 312 valence electrons. The summed E-state index contributed by atoms with van der Waals surface area (Å²) in [5.41, 5.74) is 21.0. The van der Waals surface area contributed by atoms with E-state index in [-0.39, 0.29) is 0 Å². The maximum Gasteiger partial charge on any atom is 0.0731 e. The predicted octanol–water partition coefficient (Wildman–Crippen LogP) is 18.0. The topological polar surface area (TPSA) is 3.24 Å². The van der Waals surface area contributed by atoms with E-state index in [1.807, 2.05) is 11.3 Å². The monoisotopic (exact) mass is 867 g/mol. The first-order valence-electron chi connectivity index (χ1n) is 23.2. The summed E-state index contributed by atoms with van der Waals surface area (Å²) in [5, 5.41) is 5.17. The molecule has 67 heavy (non-hydrogen) atoms. The molecule has 1 atom stereocenters. The Morgan fingerprint density at radius 2 is 0.836 bits per heavy atom. The Hall–Kier alpha value is -8.30. The molecule has 1 nitrogen and oxygen atoms in total. The number of hydrogen-bond acceptors (Lipinski definition) is 2. The van der Waals surface area contributed by atoms with Crippen molar-refractivity contribution in [2.45, 2.75) is 5.41 Å². The lowest BCUT2D eigenvalue weighted by atomic mass is 9.69. The van der Waals surface area contributed by atoms with E-state index in [0.717, 1.165) is 11.4 Å². The van der Waals surface area contributed by atoms with Gasteiger partial charge in [0.05, 0.1) is 15.8 Å². The summed E-state index contributed by atoms with van der Waals surface area (Å²) in [7, 11) is 0. The number of rotatable bonds is 6. The Kier molecular flexibility index (Phi) is 8.44. The average molecular weight is 868 g/mol. The summed E-state index contributed by atoms with van der Waals surface area (Å²) in [5.74, 6) is 0. The molecule has 0 bridgehead atoms. The lowest BCUT2D eigenvalue weighted by molar-refractivity contribution is 0.801. The van der Waals surface area contributed by atoms with Gasteiger partial charge in [0.1, 0.15) is 0 Å². The van der Waals surface area contributed by atoms with Gasteiger partial charge in [0.2, 0.25) is 0 Å². The molecule has 1 unspecified atom stereocenters. The highest BCUT2D eigenvalue weighted by molar-refractivity contribution is 7.26. The molecule has 1 heterocycles. The minimum atomic E-state index is -0.440. The molecule has 1 aromatic heterocycles. The van der Waals surface area contributed by atoms with Crippen LogP contribution in [-0.4, -0.2) is 0 Å². The largest absolute Gasteiger partial charge is 0.309 e. The lowest BCUT2D eigenvalue weighted by Crippen LogP contribution is -2.26. The average Bonchev–Trinajstić information content (AvgIpc) is 4.04. The molecule has 2 aliphatic rings. The first kappa shape index (κ1) is 38.0. The van der Waals surface area contributed by atoms with Crippen molar-refractivity contribution in [3.8, 4) is 55.6 Å². The van der Waals surface area contributed by atoms with E-state index in [9.17, 15) is 0 Å². The molecule has 1 spiro atoms. The maximum absolute atomic E-state index is 2.45. The highest BCUT2D eigenvalue weighted by atomic mass is 32.1. The van der Waals surface area contributed by atoms with Gasteiger partial charge >= 0.3 is 0 Å². The molecule has 0 saturated carbocycles. The van der Waals surface area contributed by atoms with Gasteiger partial charge in [0.25, 0.3) is 0 Å². The molecule has 11 aromatic carbocycles. The van der Waals surface area contributed by atoms with Gasteiger partial charge in [0.15, 0.2) is 0 Å². The molecule has 0 aliphatic heterocycles. The fourth-order valence-corrected chi connectivity index (χ4v) is 12.8. The third-order valence-electron chi connectivity index (χ3n) is 14.5. The summed E-state index contributed by atoms with van der Waals surface area (Å²) in [4.78, 5) is 2.45. The van der Waals surface area contributed by atoms with Crippen LogP contribution >= 0.6 is 11.3 Å². The molecule has 2 heteroatoms. The van der Waals surface area contributed by atoms with Crippen LogP contribution in [0.4, 0.5) is 17.1 Å². The molecule has 0 radical (unpaired) electrons. The van der Waals surface area contributed by atoms with E-state index in [2.05, 4.69) is 254 Å². The van der Waals surface area contributed by atoms with Gasteiger partial charge in [-0.25, -0.2) is 0 Å². The molecule has 0 saturated heterocycles. The summed E-state index contributed by atoms with van der Waals surface area (Å²) < 4.78 is 2.58. The van der Waals surface area contributed by atoms with Crippen molar-refractivity contribution in [1.29, 1.82) is 0 Å². The van der Waals surface area contributed by atoms with Gasteiger partial charge in [0, 0.05) is 26.8 Å². The van der Waals surface area contributed by atoms with Crippen LogP contribution in [0.3, 0.4) is 0 Å². The number of nitrogens with zero attached hydrogens (tertiary/aromatic N) is 1. The van der Waals surface area contributed by atoms with Crippen molar-refractivity contribution in [2.24, 2.45) is 0 Å². The van der Waals surface area contributed by atoms with Gasteiger partial charge in [-0.3, -0.25) is 0 Å². The first-order chi connectivity index (χ1) is 33.2. The normalized spacial score (nSPS) is 14.3. The van der Waals surface area contributed by atoms with Crippen LogP contribution < -0.4 is 4.90 Å². The van der Waals surface area contributed by atoms with Crippen molar-refractivity contribution in [3.05, 3.63) is 271 Å². The Balaban J connectivity index is 0.912. The van der Waals surface area contributed by atoms with Crippen molar-refractivity contribution in [2.75, 3.05) is 4.90 Å². The number of hydrogen-bond donors (Lipinski definition) is 0. The fourth-order valence-electron chi connectivity index (χ4n) is 11.6. The minimum Gasteiger partial charge on any atom is -0.309 e. The van der Waals surface area contributed by atoms with E-state index in [4.69, 9.17) is 0 Å². The first-order valence-corrected chi connectivity index (χ1v) is 24.0. The Morgan fingerprint density at radius 1 is 0.313 bits per heavy atom. The molecule has 0 fully saturated rings. The van der Waals surface area contributed by atoms with Gasteiger partial charge in [-0.1, -0.05) is 212 Å². The van der Waals surface area contributed by atoms with E-state index in [1.54, 1.807) is 0 Å². The lowest BCUT2D eigenvalue weighted by Gasteiger charge is -2.31. The molecule has 0 N–H and O–H groups in total. The summed E-state index contributed by atoms with van der Waals surface area (Å²) >= 11 is 1.87. The summed E-state index contributed by atoms with van der Waals surface area (Å²) in [6, 6.07) is 92.4. The zero-order valence-electron chi connectivity index (χ0n) is 36.5. The SMILES string of the molecule is c1ccc(-c2ccc(-c3ccc(N(c4ccc(-c5cccc6c5-c5ccccc5C65c6ccccc6-c6ccc7ccccc7c65)cc4)c4cccc5c4sc4ccccc45)cc3)cc2)cc1. The van der Waals surface area contributed by atoms with Crippen molar-refractivity contribution in [1.82, 2.24) is 0 Å². The standard InChI is InChI=1S/C65H41NS/c1-2-14-42(15-3-1)43-28-30-44(31-29-43)45-32-37-48(38-33-45)66(60-26-13-22-55-53-19-8-11-27-61(53)67-64(55)60)49-39-34-47(35-40-49)50-21-12-25-59-62(50)56-20-7-10-24-58(56)65(59)57-23-9-6-18-52(57)54-41-36-46-16-4-5-17-51(46)63(54)65/h1-41H. The zero-order chi connectivity index (χ0) is 44.1.